The van der Waals surface area contributed by atoms with Crippen LogP contribution in [-0.2, 0) is 9.53 Å². The van der Waals surface area contributed by atoms with E-state index < -0.39 is 41.0 Å². The number of carbonyl (C=O) groups excluding carboxylic acids is 3. The molecule has 168 valence electrons. The zero-order valence-electron chi connectivity index (χ0n) is 17.4. The van der Waals surface area contributed by atoms with Crippen LogP contribution in [0.2, 0.25) is 0 Å². The van der Waals surface area contributed by atoms with Crippen molar-refractivity contribution in [3.05, 3.63) is 58.7 Å². The van der Waals surface area contributed by atoms with Gasteiger partial charge in [0.15, 0.2) is 5.13 Å². The van der Waals surface area contributed by atoms with Gasteiger partial charge in [0, 0.05) is 17.1 Å². The number of esters is 1. The Morgan fingerprint density at radius 1 is 1.19 bits per heavy atom. The van der Waals surface area contributed by atoms with Gasteiger partial charge in [0.2, 0.25) is 5.91 Å². The summed E-state index contributed by atoms with van der Waals surface area (Å²) in [5, 5.41) is 6.92. The van der Waals surface area contributed by atoms with E-state index in [0.717, 1.165) is 29.5 Å². The third kappa shape index (κ3) is 4.99. The van der Waals surface area contributed by atoms with Crippen LogP contribution in [0.25, 0.3) is 11.3 Å². The Kier molecular flexibility index (Phi) is 6.98. The number of carbonyl (C=O) groups is 3. The maximum atomic E-state index is 13.9. The predicted molar refractivity (Wildman–Crippen MR) is 114 cm³/mol. The van der Waals surface area contributed by atoms with Crippen molar-refractivity contribution in [2.24, 2.45) is 5.92 Å². The summed E-state index contributed by atoms with van der Waals surface area (Å²) in [6.45, 7) is 3.37. The normalized spacial score (nSPS) is 11.8. The fourth-order valence-electron chi connectivity index (χ4n) is 2.88. The molecule has 0 fully saturated rings. The average Bonchev–Trinajstić information content (AvgIpc) is 3.40. The lowest BCUT2D eigenvalue weighted by molar-refractivity contribution is -0.118. The first-order valence-electron chi connectivity index (χ1n) is 9.49. The van der Waals surface area contributed by atoms with Crippen LogP contribution in [0.3, 0.4) is 0 Å². The van der Waals surface area contributed by atoms with Crippen LogP contribution in [-0.4, -0.2) is 40.9 Å². The fraction of sp³-hybridized carbons (Fsp3) is 0.238. The molecule has 0 aliphatic carbocycles. The van der Waals surface area contributed by atoms with Gasteiger partial charge in [0.05, 0.1) is 12.8 Å². The lowest BCUT2D eigenvalue weighted by Crippen LogP contribution is -2.47. The van der Waals surface area contributed by atoms with Crippen LogP contribution in [0, 0.1) is 17.6 Å². The summed E-state index contributed by atoms with van der Waals surface area (Å²) < 4.78 is 32.4. The van der Waals surface area contributed by atoms with Crippen LogP contribution in [0.5, 0.6) is 0 Å². The van der Waals surface area contributed by atoms with Crippen molar-refractivity contribution in [2.45, 2.75) is 19.9 Å². The van der Waals surface area contributed by atoms with Crippen molar-refractivity contribution in [2.75, 3.05) is 12.4 Å². The van der Waals surface area contributed by atoms with Crippen molar-refractivity contribution >= 4 is 34.3 Å². The van der Waals surface area contributed by atoms with E-state index in [2.05, 4.69) is 25.3 Å². The summed E-state index contributed by atoms with van der Waals surface area (Å²) in [5.41, 5.74) is 0.626. The van der Waals surface area contributed by atoms with Crippen LogP contribution >= 0.6 is 11.3 Å². The van der Waals surface area contributed by atoms with E-state index in [0.29, 0.717) is 11.3 Å². The summed E-state index contributed by atoms with van der Waals surface area (Å²) in [4.78, 5) is 43.8. The minimum absolute atomic E-state index is 0.253. The number of rotatable bonds is 7. The minimum Gasteiger partial charge on any atom is -0.464 e. The number of aromatic amines is 1. The molecule has 8 nitrogen and oxygen atoms in total. The second kappa shape index (κ2) is 9.69. The van der Waals surface area contributed by atoms with Gasteiger partial charge in [-0.15, -0.1) is 11.3 Å². The third-order valence-corrected chi connectivity index (χ3v) is 5.30. The van der Waals surface area contributed by atoms with Crippen LogP contribution < -0.4 is 10.6 Å². The zero-order valence-corrected chi connectivity index (χ0v) is 18.2. The number of hydrogen-bond donors (Lipinski definition) is 3. The standard InChI is InChI=1S/C21H20F2N4O4S/c1-10(2)17(26-18(28)16-12(22)5-4-6-13(16)23)19(29)27-21-25-15(9-32-21)11-7-14(24-8-11)20(30)31-3/h4-10,17,24H,1-3H3,(H,26,28)(H,25,27,29)/t17-/m1/s1. The molecule has 0 aliphatic heterocycles. The Labute approximate surface area is 186 Å². The number of anilines is 1. The van der Waals surface area contributed by atoms with Crippen LogP contribution in [0.1, 0.15) is 34.7 Å². The lowest BCUT2D eigenvalue weighted by atomic mass is 10.0. The Balaban J connectivity index is 1.72. The first-order chi connectivity index (χ1) is 15.2. The highest BCUT2D eigenvalue weighted by molar-refractivity contribution is 7.14. The van der Waals surface area contributed by atoms with E-state index in [4.69, 9.17) is 0 Å². The van der Waals surface area contributed by atoms with Gasteiger partial charge in [-0.1, -0.05) is 19.9 Å². The van der Waals surface area contributed by atoms with Gasteiger partial charge in [0.1, 0.15) is 28.9 Å². The van der Waals surface area contributed by atoms with Crippen molar-refractivity contribution in [1.82, 2.24) is 15.3 Å². The van der Waals surface area contributed by atoms with Crippen molar-refractivity contribution in [1.29, 1.82) is 0 Å². The van der Waals surface area contributed by atoms with Crippen molar-refractivity contribution in [3.8, 4) is 11.3 Å². The van der Waals surface area contributed by atoms with Gasteiger partial charge in [-0.3, -0.25) is 9.59 Å². The molecule has 1 atom stereocenters. The number of ether oxygens (including phenoxy) is 1. The summed E-state index contributed by atoms with van der Waals surface area (Å²) in [6, 6.07) is 3.57. The second-order valence-electron chi connectivity index (χ2n) is 7.11. The van der Waals surface area contributed by atoms with Gasteiger partial charge in [-0.05, 0) is 24.1 Å². The third-order valence-electron chi connectivity index (χ3n) is 4.54. The van der Waals surface area contributed by atoms with Gasteiger partial charge in [-0.2, -0.15) is 0 Å². The van der Waals surface area contributed by atoms with Gasteiger partial charge in [-0.25, -0.2) is 18.6 Å². The molecule has 0 saturated heterocycles. The number of aromatic nitrogens is 2. The number of methoxy groups -OCH3 is 1. The molecule has 2 amide bonds. The van der Waals surface area contributed by atoms with Crippen molar-refractivity contribution in [3.63, 3.8) is 0 Å². The smallest absolute Gasteiger partial charge is 0.354 e. The molecule has 11 heteroatoms. The van der Waals surface area contributed by atoms with E-state index in [1.54, 1.807) is 31.5 Å². The quantitative estimate of drug-likeness (QED) is 0.465. The van der Waals surface area contributed by atoms with Crippen LogP contribution in [0.15, 0.2) is 35.8 Å². The van der Waals surface area contributed by atoms with Crippen molar-refractivity contribution < 1.29 is 27.9 Å². The fourth-order valence-corrected chi connectivity index (χ4v) is 3.60. The molecule has 3 N–H and O–H groups in total. The second-order valence-corrected chi connectivity index (χ2v) is 7.97. The van der Waals surface area contributed by atoms with E-state index in [9.17, 15) is 23.2 Å². The predicted octanol–water partition coefficient (Wildman–Crippen LogP) is 3.60. The van der Waals surface area contributed by atoms with Gasteiger partial charge in [0.25, 0.3) is 5.91 Å². The molecule has 0 bridgehead atoms. The summed E-state index contributed by atoms with van der Waals surface area (Å²) >= 11 is 1.14. The zero-order chi connectivity index (χ0) is 23.4. The molecule has 0 unspecified atom stereocenters. The first kappa shape index (κ1) is 23.1. The maximum absolute atomic E-state index is 13.9. The summed E-state index contributed by atoms with van der Waals surface area (Å²) in [7, 11) is 1.27. The molecular weight excluding hydrogens is 442 g/mol. The summed E-state index contributed by atoms with van der Waals surface area (Å²) in [5.74, 6) is -4.56. The Hall–Kier alpha value is -3.60. The van der Waals surface area contributed by atoms with E-state index >= 15 is 0 Å². The van der Waals surface area contributed by atoms with E-state index in [-0.39, 0.29) is 16.7 Å². The monoisotopic (exact) mass is 462 g/mol. The highest BCUT2D eigenvalue weighted by atomic mass is 32.1. The summed E-state index contributed by atoms with van der Waals surface area (Å²) in [6.07, 6.45) is 1.58. The number of amides is 2. The molecule has 0 aliphatic rings. The number of benzene rings is 1. The van der Waals surface area contributed by atoms with Crippen LogP contribution in [0.4, 0.5) is 13.9 Å². The molecule has 32 heavy (non-hydrogen) atoms. The Morgan fingerprint density at radius 3 is 2.50 bits per heavy atom. The molecule has 2 heterocycles. The topological polar surface area (TPSA) is 113 Å². The Morgan fingerprint density at radius 2 is 1.88 bits per heavy atom. The van der Waals surface area contributed by atoms with Gasteiger partial charge < -0.3 is 20.4 Å². The molecule has 0 spiro atoms. The minimum atomic E-state index is -1.06. The Bertz CT molecular complexity index is 1140. The highest BCUT2D eigenvalue weighted by Gasteiger charge is 2.28. The molecular formula is C21H20F2N4O4S. The number of hydrogen-bond acceptors (Lipinski definition) is 6. The number of nitrogens with zero attached hydrogens (tertiary/aromatic N) is 1. The lowest BCUT2D eigenvalue weighted by Gasteiger charge is -2.21. The average molecular weight is 462 g/mol. The van der Waals surface area contributed by atoms with Gasteiger partial charge >= 0.3 is 5.97 Å². The first-order valence-corrected chi connectivity index (χ1v) is 10.4. The molecule has 3 rings (SSSR count). The molecule has 2 aromatic heterocycles. The molecule has 0 saturated carbocycles. The van der Waals surface area contributed by atoms with E-state index in [1.165, 1.54) is 7.11 Å². The largest absolute Gasteiger partial charge is 0.464 e. The number of nitrogens with one attached hydrogen (secondary N) is 3. The highest BCUT2D eigenvalue weighted by Crippen LogP contribution is 2.26. The maximum Gasteiger partial charge on any atom is 0.354 e. The molecule has 0 radical (unpaired) electrons. The SMILES string of the molecule is COC(=O)c1cc(-c2csc(NC(=O)[C@H](NC(=O)c3c(F)cccc3F)C(C)C)n2)c[nH]1. The molecule has 3 aromatic rings. The number of thiazole rings is 1. The number of H-pyrrole nitrogens is 1. The number of halogens is 2. The van der Waals surface area contributed by atoms with E-state index in [1.807, 2.05) is 0 Å². The molecule has 1 aromatic carbocycles.